The summed E-state index contributed by atoms with van der Waals surface area (Å²) in [4.78, 5) is 28.9. The zero-order valence-electron chi connectivity index (χ0n) is 16.1. The number of amides is 1. The first-order chi connectivity index (χ1) is 14.4. The van der Waals surface area contributed by atoms with Gasteiger partial charge in [0.05, 0.1) is 12.2 Å². The maximum Gasteiger partial charge on any atom is 0.250 e. The second kappa shape index (κ2) is 6.79. The Hall–Kier alpha value is -2.96. The predicted octanol–water partition coefficient (Wildman–Crippen LogP) is 4.45. The molecule has 1 aromatic heterocycles. The molecule has 3 atom stereocenters. The standard InChI is InChI=1S/C23H18ClFN2O3/c1-27-12-16(13-4-6-14(24)7-5-13)20(21(28)19-3-2-10-30-19)23(27)17-11-15(25)8-9-18(17)26-22(23)29/h2-11,16,20H,12H2,1H3,(H,26,29)/t16-,20?,23-/m1/s1. The Bertz CT molecular complexity index is 1150. The third-order valence-corrected chi connectivity index (χ3v) is 6.51. The summed E-state index contributed by atoms with van der Waals surface area (Å²) in [5.41, 5.74) is 0.523. The van der Waals surface area contributed by atoms with Crippen molar-refractivity contribution in [2.75, 3.05) is 18.9 Å². The molecule has 3 heterocycles. The lowest BCUT2D eigenvalue weighted by Gasteiger charge is -2.35. The van der Waals surface area contributed by atoms with Crippen molar-refractivity contribution in [3.63, 3.8) is 0 Å². The summed E-state index contributed by atoms with van der Waals surface area (Å²) in [7, 11) is 1.79. The monoisotopic (exact) mass is 424 g/mol. The van der Waals surface area contributed by atoms with Crippen LogP contribution in [0.5, 0.6) is 0 Å². The molecule has 7 heteroatoms. The molecule has 1 N–H and O–H groups in total. The van der Waals surface area contributed by atoms with E-state index in [1.807, 2.05) is 17.0 Å². The second-order valence-corrected chi connectivity index (χ2v) is 8.20. The molecule has 1 amide bonds. The molecule has 0 bridgehead atoms. The van der Waals surface area contributed by atoms with Crippen LogP contribution in [0.25, 0.3) is 0 Å². The number of nitrogens with one attached hydrogen (secondary N) is 1. The van der Waals surface area contributed by atoms with Gasteiger partial charge in [-0.3, -0.25) is 14.5 Å². The van der Waals surface area contributed by atoms with Crippen molar-refractivity contribution in [1.29, 1.82) is 0 Å². The molecule has 5 rings (SSSR count). The molecule has 2 aliphatic heterocycles. The molecule has 0 aliphatic carbocycles. The minimum absolute atomic E-state index is 0.172. The molecule has 30 heavy (non-hydrogen) atoms. The summed E-state index contributed by atoms with van der Waals surface area (Å²) < 4.78 is 19.6. The van der Waals surface area contributed by atoms with Gasteiger partial charge in [-0.2, -0.15) is 0 Å². The van der Waals surface area contributed by atoms with E-state index in [4.69, 9.17) is 16.0 Å². The van der Waals surface area contributed by atoms with Crippen molar-refractivity contribution in [2.24, 2.45) is 5.92 Å². The highest BCUT2D eigenvalue weighted by Crippen LogP contribution is 2.55. The van der Waals surface area contributed by atoms with Gasteiger partial charge in [-0.25, -0.2) is 4.39 Å². The topological polar surface area (TPSA) is 62.6 Å². The molecule has 2 aromatic carbocycles. The molecule has 1 spiro atoms. The SMILES string of the molecule is CN1C[C@H](c2ccc(Cl)cc2)C(C(=O)c2ccco2)[C@]12C(=O)Nc1ccc(F)cc12. The van der Waals surface area contributed by atoms with Gasteiger partial charge in [0.1, 0.15) is 11.4 Å². The zero-order chi connectivity index (χ0) is 21.0. The summed E-state index contributed by atoms with van der Waals surface area (Å²) in [5, 5.41) is 3.43. The quantitative estimate of drug-likeness (QED) is 0.631. The van der Waals surface area contributed by atoms with Crippen LogP contribution in [0.3, 0.4) is 0 Å². The first-order valence-corrected chi connectivity index (χ1v) is 9.96. The maximum absolute atomic E-state index is 14.2. The Balaban J connectivity index is 1.74. The van der Waals surface area contributed by atoms with Crippen LogP contribution in [0.1, 0.15) is 27.6 Å². The minimum Gasteiger partial charge on any atom is -0.461 e. The summed E-state index contributed by atoms with van der Waals surface area (Å²) in [6.45, 7) is 0.433. The van der Waals surface area contributed by atoms with Crippen LogP contribution in [-0.2, 0) is 10.3 Å². The number of halogens is 2. The molecular weight excluding hydrogens is 407 g/mol. The van der Waals surface area contributed by atoms with Crippen molar-refractivity contribution < 1.29 is 18.4 Å². The fourth-order valence-corrected chi connectivity index (χ4v) is 5.12. The first kappa shape index (κ1) is 19.0. The number of carbonyl (C=O) groups excluding carboxylic acids is 2. The van der Waals surface area contributed by atoms with E-state index in [9.17, 15) is 14.0 Å². The average molecular weight is 425 g/mol. The van der Waals surface area contributed by atoms with Gasteiger partial charge in [0.25, 0.3) is 0 Å². The third kappa shape index (κ3) is 2.57. The van der Waals surface area contributed by atoms with Gasteiger partial charge in [-0.05, 0) is 55.1 Å². The Kier molecular flexibility index (Phi) is 4.31. The van der Waals surface area contributed by atoms with Crippen LogP contribution < -0.4 is 5.32 Å². The summed E-state index contributed by atoms with van der Waals surface area (Å²) in [6, 6.07) is 14.7. The number of furan rings is 1. The number of anilines is 1. The van der Waals surface area contributed by atoms with E-state index in [0.29, 0.717) is 22.8 Å². The number of likely N-dealkylation sites (N-methyl/N-ethyl adjacent to an activating group) is 1. The van der Waals surface area contributed by atoms with Gasteiger partial charge in [-0.1, -0.05) is 23.7 Å². The molecule has 1 fully saturated rings. The minimum atomic E-state index is -1.34. The Labute approximate surface area is 177 Å². The van der Waals surface area contributed by atoms with E-state index in [-0.39, 0.29) is 23.4 Å². The second-order valence-electron chi connectivity index (χ2n) is 7.77. The molecule has 0 radical (unpaired) electrons. The fourth-order valence-electron chi connectivity index (χ4n) is 4.99. The Morgan fingerprint density at radius 1 is 1.23 bits per heavy atom. The molecule has 152 valence electrons. The number of benzene rings is 2. The Morgan fingerprint density at radius 2 is 2.00 bits per heavy atom. The van der Waals surface area contributed by atoms with E-state index in [0.717, 1.165) is 5.56 Å². The zero-order valence-corrected chi connectivity index (χ0v) is 16.8. The smallest absolute Gasteiger partial charge is 0.250 e. The molecular formula is C23H18ClFN2O3. The lowest BCUT2D eigenvalue weighted by Crippen LogP contribution is -2.51. The van der Waals surface area contributed by atoms with E-state index >= 15 is 0 Å². The molecule has 5 nitrogen and oxygen atoms in total. The van der Waals surface area contributed by atoms with E-state index in [1.54, 1.807) is 31.3 Å². The van der Waals surface area contributed by atoms with Crippen LogP contribution in [0, 0.1) is 11.7 Å². The predicted molar refractivity (Wildman–Crippen MR) is 110 cm³/mol. The van der Waals surface area contributed by atoms with Gasteiger partial charge < -0.3 is 9.73 Å². The summed E-state index contributed by atoms with van der Waals surface area (Å²) >= 11 is 6.06. The highest BCUT2D eigenvalue weighted by molar-refractivity contribution is 6.30. The molecule has 1 saturated heterocycles. The Morgan fingerprint density at radius 3 is 2.70 bits per heavy atom. The normalized spacial score (nSPS) is 25.5. The first-order valence-electron chi connectivity index (χ1n) is 9.59. The number of ketones is 1. The van der Waals surface area contributed by atoms with Crippen molar-refractivity contribution in [3.8, 4) is 0 Å². The van der Waals surface area contributed by atoms with E-state index in [2.05, 4.69) is 5.32 Å². The number of Topliss-reactive ketones (excluding diaryl/α,β-unsaturated/α-hetero) is 1. The molecule has 3 aromatic rings. The fraction of sp³-hybridized carbons (Fsp3) is 0.217. The van der Waals surface area contributed by atoms with Gasteiger partial charge in [0.15, 0.2) is 5.76 Å². The maximum atomic E-state index is 14.2. The van der Waals surface area contributed by atoms with Crippen molar-refractivity contribution in [3.05, 3.63) is 88.6 Å². The van der Waals surface area contributed by atoms with Gasteiger partial charge in [-0.15, -0.1) is 0 Å². The largest absolute Gasteiger partial charge is 0.461 e. The summed E-state index contributed by atoms with van der Waals surface area (Å²) in [6.07, 6.45) is 1.43. The van der Waals surface area contributed by atoms with Gasteiger partial charge in [0, 0.05) is 28.7 Å². The number of carbonyl (C=O) groups is 2. The highest BCUT2D eigenvalue weighted by atomic mass is 35.5. The number of nitrogens with zero attached hydrogens (tertiary/aromatic N) is 1. The number of likely N-dealkylation sites (tertiary alicyclic amines) is 1. The number of fused-ring (bicyclic) bond motifs is 2. The van der Waals surface area contributed by atoms with Crippen molar-refractivity contribution in [2.45, 2.75) is 11.5 Å². The number of hydrogen-bond acceptors (Lipinski definition) is 4. The molecule has 1 unspecified atom stereocenters. The third-order valence-electron chi connectivity index (χ3n) is 6.26. The van der Waals surface area contributed by atoms with Gasteiger partial charge in [0.2, 0.25) is 11.7 Å². The lowest BCUT2D eigenvalue weighted by atomic mass is 9.71. The van der Waals surface area contributed by atoms with Crippen molar-refractivity contribution in [1.82, 2.24) is 4.90 Å². The van der Waals surface area contributed by atoms with Crippen LogP contribution in [0.15, 0.2) is 65.3 Å². The molecule has 0 saturated carbocycles. The van der Waals surface area contributed by atoms with Gasteiger partial charge >= 0.3 is 0 Å². The van der Waals surface area contributed by atoms with E-state index in [1.165, 1.54) is 24.5 Å². The lowest BCUT2D eigenvalue weighted by molar-refractivity contribution is -0.126. The van der Waals surface area contributed by atoms with Crippen LogP contribution >= 0.6 is 11.6 Å². The van der Waals surface area contributed by atoms with Crippen LogP contribution in [0.4, 0.5) is 10.1 Å². The summed E-state index contributed by atoms with van der Waals surface area (Å²) in [5.74, 6) is -2.05. The van der Waals surface area contributed by atoms with E-state index < -0.39 is 17.3 Å². The highest BCUT2D eigenvalue weighted by Gasteiger charge is 2.64. The average Bonchev–Trinajstić information content (AvgIpc) is 3.42. The number of rotatable bonds is 3. The van der Waals surface area contributed by atoms with Crippen molar-refractivity contribution >= 4 is 29.0 Å². The number of hydrogen-bond donors (Lipinski definition) is 1. The van der Waals surface area contributed by atoms with Crippen LogP contribution in [-0.4, -0.2) is 30.2 Å². The molecule has 2 aliphatic rings. The van der Waals surface area contributed by atoms with Crippen LogP contribution in [0.2, 0.25) is 5.02 Å².